The molecule has 1 spiro atoms. The molecule has 0 aromatic rings. The molecule has 5 aliphatic rings. The maximum Gasteiger partial charge on any atom is 0.303 e. The second kappa shape index (κ2) is 5.15. The Kier molecular flexibility index (Phi) is 3.45. The van der Waals surface area contributed by atoms with Crippen molar-refractivity contribution in [3.05, 3.63) is 11.1 Å². The van der Waals surface area contributed by atoms with Crippen molar-refractivity contribution in [3.63, 3.8) is 0 Å². The molecule has 10 atom stereocenters. The van der Waals surface area contributed by atoms with Crippen molar-refractivity contribution in [2.45, 2.75) is 77.5 Å². The minimum atomic E-state index is -1.01. The first-order chi connectivity index (χ1) is 12.6. The lowest BCUT2D eigenvalue weighted by atomic mass is 9.23. The normalized spacial score (nSPS) is 58.3. The van der Waals surface area contributed by atoms with E-state index < -0.39 is 35.8 Å². The fourth-order valence-electron chi connectivity index (χ4n) is 8.11. The van der Waals surface area contributed by atoms with Gasteiger partial charge in [0.1, 0.15) is 6.10 Å². The molecule has 150 valence electrons. The van der Waals surface area contributed by atoms with Gasteiger partial charge < -0.3 is 24.8 Å². The Morgan fingerprint density at radius 1 is 1.22 bits per heavy atom. The molecular formula is C21H30O6. The molecule has 1 aliphatic heterocycles. The van der Waals surface area contributed by atoms with Gasteiger partial charge in [-0.1, -0.05) is 13.8 Å². The van der Waals surface area contributed by atoms with Gasteiger partial charge in [0.25, 0.3) is 0 Å². The highest BCUT2D eigenvalue weighted by atomic mass is 16.6. The molecule has 6 nitrogen and oxygen atoms in total. The summed E-state index contributed by atoms with van der Waals surface area (Å²) in [5.41, 5.74) is 0.292. The minimum absolute atomic E-state index is 0.0248. The largest absolute Gasteiger partial charge is 0.455 e. The summed E-state index contributed by atoms with van der Waals surface area (Å²) in [6.45, 7) is 8.08. The number of carbonyl (C=O) groups excluding carboxylic acids is 1. The molecule has 0 radical (unpaired) electrons. The highest BCUT2D eigenvalue weighted by Gasteiger charge is 2.84. The molecule has 5 rings (SSSR count). The highest BCUT2D eigenvalue weighted by molar-refractivity contribution is 5.67. The van der Waals surface area contributed by atoms with Crippen molar-refractivity contribution in [2.24, 2.45) is 28.1 Å². The third-order valence-corrected chi connectivity index (χ3v) is 9.46. The van der Waals surface area contributed by atoms with E-state index in [1.807, 2.05) is 13.8 Å². The topological polar surface area (TPSA) is 96.2 Å². The van der Waals surface area contributed by atoms with Crippen LogP contribution in [0.2, 0.25) is 0 Å². The van der Waals surface area contributed by atoms with E-state index in [4.69, 9.17) is 9.47 Å². The molecule has 0 aromatic heterocycles. The lowest BCUT2D eigenvalue weighted by Gasteiger charge is -2.82. The Morgan fingerprint density at radius 3 is 2.52 bits per heavy atom. The van der Waals surface area contributed by atoms with Gasteiger partial charge in [0, 0.05) is 30.1 Å². The van der Waals surface area contributed by atoms with Crippen LogP contribution >= 0.6 is 0 Å². The predicted molar refractivity (Wildman–Crippen MR) is 95.5 cm³/mol. The molecule has 1 heterocycles. The van der Waals surface area contributed by atoms with Crippen LogP contribution in [0.5, 0.6) is 0 Å². The van der Waals surface area contributed by atoms with Gasteiger partial charge in [-0.25, -0.2) is 0 Å². The van der Waals surface area contributed by atoms with Gasteiger partial charge in [0.15, 0.2) is 6.10 Å². The van der Waals surface area contributed by atoms with Gasteiger partial charge in [-0.3, -0.25) is 4.79 Å². The summed E-state index contributed by atoms with van der Waals surface area (Å²) in [5.74, 6) is 0.0749. The SMILES string of the molecule is CC(=O)O[C@@H]1C2=C(C)[C@@H](O)CC3CC4([C@@H]5CO[C@@H]5C[C@H](O)[C@@]4(C)[C@@H]1O)[C@@]23C. The van der Waals surface area contributed by atoms with Crippen molar-refractivity contribution in [2.75, 3.05) is 6.61 Å². The fourth-order valence-corrected chi connectivity index (χ4v) is 8.11. The van der Waals surface area contributed by atoms with Crippen LogP contribution in [0.15, 0.2) is 11.1 Å². The lowest BCUT2D eigenvalue weighted by Crippen LogP contribution is -2.84. The zero-order valence-electron chi connectivity index (χ0n) is 16.4. The van der Waals surface area contributed by atoms with Crippen LogP contribution in [0, 0.1) is 28.1 Å². The van der Waals surface area contributed by atoms with Crippen molar-refractivity contribution in [1.82, 2.24) is 0 Å². The summed E-state index contributed by atoms with van der Waals surface area (Å²) in [6.07, 6.45) is -1.06. The van der Waals surface area contributed by atoms with Crippen molar-refractivity contribution >= 4 is 5.97 Å². The van der Waals surface area contributed by atoms with Crippen LogP contribution in [0.25, 0.3) is 0 Å². The number of ether oxygens (including phenoxy) is 2. The van der Waals surface area contributed by atoms with Gasteiger partial charge in [-0.05, 0) is 42.2 Å². The number of fused-ring (bicyclic) bond motifs is 1. The quantitative estimate of drug-likeness (QED) is 0.468. The van der Waals surface area contributed by atoms with Gasteiger partial charge in [-0.15, -0.1) is 0 Å². The molecule has 0 bridgehead atoms. The van der Waals surface area contributed by atoms with Crippen LogP contribution in [-0.4, -0.2) is 58.4 Å². The first kappa shape index (κ1) is 18.1. The van der Waals surface area contributed by atoms with Gasteiger partial charge in [-0.2, -0.15) is 0 Å². The number of esters is 1. The summed E-state index contributed by atoms with van der Waals surface area (Å²) >= 11 is 0. The first-order valence-electron chi connectivity index (χ1n) is 10.1. The Hall–Kier alpha value is -0.950. The molecule has 0 amide bonds. The molecule has 27 heavy (non-hydrogen) atoms. The Bertz CT molecular complexity index is 747. The van der Waals surface area contributed by atoms with Crippen LogP contribution in [0.1, 0.15) is 47.0 Å². The van der Waals surface area contributed by atoms with Crippen LogP contribution in [0.4, 0.5) is 0 Å². The van der Waals surface area contributed by atoms with E-state index in [1.165, 1.54) is 6.92 Å². The molecule has 4 aliphatic carbocycles. The van der Waals surface area contributed by atoms with Crippen LogP contribution in [-0.2, 0) is 14.3 Å². The average molecular weight is 378 g/mol. The third-order valence-electron chi connectivity index (χ3n) is 9.46. The molecule has 3 N–H and O–H groups in total. The summed E-state index contributed by atoms with van der Waals surface area (Å²) < 4.78 is 11.5. The number of hydrogen-bond donors (Lipinski definition) is 3. The van der Waals surface area contributed by atoms with E-state index in [1.54, 1.807) is 0 Å². The molecule has 0 aromatic carbocycles. The monoisotopic (exact) mass is 378 g/mol. The van der Waals surface area contributed by atoms with E-state index in [0.29, 0.717) is 19.4 Å². The molecule has 4 fully saturated rings. The molecular weight excluding hydrogens is 348 g/mol. The number of carbonyl (C=O) groups is 1. The fraction of sp³-hybridized carbons (Fsp3) is 0.857. The van der Waals surface area contributed by atoms with Crippen molar-refractivity contribution < 1.29 is 29.6 Å². The third kappa shape index (κ3) is 1.68. The number of hydrogen-bond acceptors (Lipinski definition) is 6. The van der Waals surface area contributed by atoms with E-state index >= 15 is 0 Å². The van der Waals surface area contributed by atoms with Gasteiger partial charge >= 0.3 is 5.97 Å². The first-order valence-corrected chi connectivity index (χ1v) is 10.1. The van der Waals surface area contributed by atoms with Crippen molar-refractivity contribution in [3.8, 4) is 0 Å². The van der Waals surface area contributed by atoms with Gasteiger partial charge in [0.2, 0.25) is 0 Å². The molecule has 3 saturated carbocycles. The summed E-state index contributed by atoms with van der Waals surface area (Å²) in [5, 5.41) is 33.4. The van der Waals surface area contributed by atoms with E-state index in [2.05, 4.69) is 6.92 Å². The van der Waals surface area contributed by atoms with Crippen LogP contribution in [0.3, 0.4) is 0 Å². The molecule has 1 saturated heterocycles. The van der Waals surface area contributed by atoms with Gasteiger partial charge in [0.05, 0.1) is 24.9 Å². The smallest absolute Gasteiger partial charge is 0.303 e. The number of aliphatic hydroxyl groups excluding tert-OH is 3. The standard InChI is InChI=1S/C21H30O6/c1-9-13(23)5-11-7-21-12-8-26-14(12)6-15(24)20(21,4)18(25)17(27-10(2)22)16(9)19(11,21)3/h11-15,17-18,23-25H,5-8H2,1-4H3/t11?,12-,13+,14-,15+,17-,18-,19-,20+,21?/m1/s1. The summed E-state index contributed by atoms with van der Waals surface area (Å²) in [7, 11) is 0. The molecule has 2 unspecified atom stereocenters. The zero-order chi connectivity index (χ0) is 19.5. The zero-order valence-corrected chi connectivity index (χ0v) is 16.4. The summed E-state index contributed by atoms with van der Waals surface area (Å²) in [6, 6.07) is 0. The lowest BCUT2D eigenvalue weighted by molar-refractivity contribution is -0.385. The minimum Gasteiger partial charge on any atom is -0.455 e. The number of rotatable bonds is 1. The number of aliphatic hydroxyl groups is 3. The van der Waals surface area contributed by atoms with E-state index in [0.717, 1.165) is 17.6 Å². The second-order valence-electron chi connectivity index (χ2n) is 9.91. The Labute approximate surface area is 159 Å². The van der Waals surface area contributed by atoms with Crippen LogP contribution < -0.4 is 0 Å². The van der Waals surface area contributed by atoms with E-state index in [-0.39, 0.29) is 28.8 Å². The second-order valence-corrected chi connectivity index (χ2v) is 9.91. The Morgan fingerprint density at radius 2 is 1.93 bits per heavy atom. The predicted octanol–water partition coefficient (Wildman–Crippen LogP) is 1.17. The van der Waals surface area contributed by atoms with Crippen molar-refractivity contribution in [1.29, 1.82) is 0 Å². The average Bonchev–Trinajstić information content (AvgIpc) is 2.57. The highest BCUT2D eigenvalue weighted by Crippen LogP contribution is 2.83. The molecule has 6 heteroatoms. The Balaban J connectivity index is 1.76. The maximum absolute atomic E-state index is 11.9. The summed E-state index contributed by atoms with van der Waals surface area (Å²) in [4.78, 5) is 11.9. The van der Waals surface area contributed by atoms with E-state index in [9.17, 15) is 20.1 Å². The maximum atomic E-state index is 11.9.